The first-order valence-corrected chi connectivity index (χ1v) is 10.2. The van der Waals surface area contributed by atoms with Gasteiger partial charge in [0, 0.05) is 19.0 Å². The normalized spacial score (nSPS) is 20.7. The third kappa shape index (κ3) is 5.06. The molecule has 1 aliphatic heterocycles. The highest BCUT2D eigenvalue weighted by Crippen LogP contribution is 2.28. The number of aliphatic hydroxyl groups is 1. The van der Waals surface area contributed by atoms with Crippen molar-refractivity contribution >= 4 is 21.9 Å². The first kappa shape index (κ1) is 21.3. The summed E-state index contributed by atoms with van der Waals surface area (Å²) in [6.07, 6.45) is -1.05. The van der Waals surface area contributed by atoms with Crippen LogP contribution in [0.5, 0.6) is 0 Å². The highest BCUT2D eigenvalue weighted by atomic mass is 32.2. The van der Waals surface area contributed by atoms with Gasteiger partial charge in [-0.15, -0.1) is 0 Å². The van der Waals surface area contributed by atoms with Crippen LogP contribution in [0.25, 0.3) is 0 Å². The van der Waals surface area contributed by atoms with Gasteiger partial charge in [-0.1, -0.05) is 6.07 Å². The zero-order chi connectivity index (χ0) is 20.4. The molecule has 9 heteroatoms. The number of rotatable bonds is 6. The quantitative estimate of drug-likeness (QED) is 0.675. The van der Waals surface area contributed by atoms with E-state index in [1.807, 2.05) is 6.92 Å². The van der Waals surface area contributed by atoms with Crippen LogP contribution in [-0.4, -0.2) is 61.0 Å². The van der Waals surface area contributed by atoms with Crippen LogP contribution in [-0.2, 0) is 24.3 Å². The van der Waals surface area contributed by atoms with Crippen molar-refractivity contribution in [3.63, 3.8) is 0 Å². The summed E-state index contributed by atoms with van der Waals surface area (Å²) in [5, 5.41) is 12.5. The van der Waals surface area contributed by atoms with Crippen LogP contribution in [0.15, 0.2) is 23.1 Å². The number of sulfonamides is 1. The van der Waals surface area contributed by atoms with Crippen molar-refractivity contribution in [2.24, 2.45) is 0 Å². The van der Waals surface area contributed by atoms with Crippen LogP contribution in [0.3, 0.4) is 0 Å². The maximum atomic E-state index is 13.0. The van der Waals surface area contributed by atoms with Crippen molar-refractivity contribution in [1.29, 1.82) is 0 Å². The smallest absolute Gasteiger partial charge is 0.325 e. The second kappa shape index (κ2) is 8.37. The Morgan fingerprint density at radius 3 is 2.56 bits per heavy atom. The van der Waals surface area contributed by atoms with Gasteiger partial charge < -0.3 is 15.2 Å². The van der Waals surface area contributed by atoms with E-state index < -0.39 is 40.7 Å². The van der Waals surface area contributed by atoms with E-state index in [1.54, 1.807) is 26.8 Å². The fourth-order valence-corrected chi connectivity index (χ4v) is 4.58. The number of amides is 1. The Labute approximate surface area is 159 Å². The van der Waals surface area contributed by atoms with E-state index in [0.717, 1.165) is 15.4 Å². The number of hydrogen-bond donors (Lipinski definition) is 2. The molecular weight excluding hydrogens is 372 g/mol. The van der Waals surface area contributed by atoms with E-state index in [9.17, 15) is 23.1 Å². The number of ether oxygens (including phenoxy) is 1. The maximum absolute atomic E-state index is 13.0. The Kier molecular flexibility index (Phi) is 6.61. The number of aliphatic hydroxyl groups excluding tert-OH is 1. The number of carbonyl (C=O) groups is 2. The van der Waals surface area contributed by atoms with Crippen LogP contribution < -0.4 is 5.32 Å². The number of nitrogens with one attached hydrogen (secondary N) is 1. The summed E-state index contributed by atoms with van der Waals surface area (Å²) in [6.45, 7) is 6.50. The molecule has 1 amide bonds. The highest BCUT2D eigenvalue weighted by Gasteiger charge is 2.44. The van der Waals surface area contributed by atoms with Gasteiger partial charge >= 0.3 is 5.97 Å². The van der Waals surface area contributed by atoms with Crippen molar-refractivity contribution in [2.75, 3.05) is 13.2 Å². The monoisotopic (exact) mass is 398 g/mol. The Balaban J connectivity index is 2.18. The van der Waals surface area contributed by atoms with Gasteiger partial charge in [-0.3, -0.25) is 9.59 Å². The molecule has 150 valence electrons. The molecule has 1 saturated heterocycles. The summed E-state index contributed by atoms with van der Waals surface area (Å²) in [4.78, 5) is 24.1. The molecule has 1 aromatic carbocycles. The van der Waals surface area contributed by atoms with Crippen LogP contribution in [0, 0.1) is 13.8 Å². The largest absolute Gasteiger partial charge is 0.454 e. The Bertz CT molecular complexity index is 821. The molecule has 0 unspecified atom stereocenters. The average Bonchev–Trinajstić information content (AvgIpc) is 2.97. The number of esters is 1. The molecule has 1 heterocycles. The number of β-amino-alcohol motifs (C(OH)–C–C–N with tert-alkyl or cyclic N) is 1. The minimum Gasteiger partial charge on any atom is -0.454 e. The molecule has 1 fully saturated rings. The van der Waals surface area contributed by atoms with Crippen molar-refractivity contribution in [3.8, 4) is 0 Å². The molecule has 27 heavy (non-hydrogen) atoms. The van der Waals surface area contributed by atoms with E-state index in [0.29, 0.717) is 0 Å². The molecule has 2 rings (SSSR count). The average molecular weight is 398 g/mol. The van der Waals surface area contributed by atoms with Gasteiger partial charge in [-0.25, -0.2) is 8.42 Å². The third-order valence-electron chi connectivity index (χ3n) is 4.39. The van der Waals surface area contributed by atoms with E-state index in [1.165, 1.54) is 12.1 Å². The van der Waals surface area contributed by atoms with E-state index in [2.05, 4.69) is 5.32 Å². The van der Waals surface area contributed by atoms with E-state index >= 15 is 0 Å². The lowest BCUT2D eigenvalue weighted by molar-refractivity contribution is -0.151. The van der Waals surface area contributed by atoms with Crippen LogP contribution in [0.1, 0.15) is 31.4 Å². The summed E-state index contributed by atoms with van der Waals surface area (Å²) < 4.78 is 31.9. The molecule has 0 radical (unpaired) electrons. The predicted octanol–water partition coefficient (Wildman–Crippen LogP) is 0.495. The van der Waals surface area contributed by atoms with Crippen molar-refractivity contribution in [3.05, 3.63) is 29.3 Å². The lowest BCUT2D eigenvalue weighted by Crippen LogP contribution is -2.43. The van der Waals surface area contributed by atoms with E-state index in [4.69, 9.17) is 4.74 Å². The summed E-state index contributed by atoms with van der Waals surface area (Å²) in [5.74, 6) is -1.32. The minimum atomic E-state index is -3.99. The van der Waals surface area contributed by atoms with Crippen LogP contribution in [0.4, 0.5) is 0 Å². The number of nitrogens with zero attached hydrogens (tertiary/aromatic N) is 1. The van der Waals surface area contributed by atoms with Crippen molar-refractivity contribution in [2.45, 2.75) is 57.2 Å². The Morgan fingerprint density at radius 2 is 1.96 bits per heavy atom. The predicted molar refractivity (Wildman–Crippen MR) is 98.5 cm³/mol. The second-order valence-electron chi connectivity index (χ2n) is 7.06. The number of carbonyl (C=O) groups excluding carboxylic acids is 2. The van der Waals surface area contributed by atoms with Crippen molar-refractivity contribution < 1.29 is 27.9 Å². The minimum absolute atomic E-state index is 0.0510. The van der Waals surface area contributed by atoms with Gasteiger partial charge in [-0.05, 0) is 51.0 Å². The molecule has 2 N–H and O–H groups in total. The van der Waals surface area contributed by atoms with Gasteiger partial charge in [-0.2, -0.15) is 4.31 Å². The topological polar surface area (TPSA) is 113 Å². The summed E-state index contributed by atoms with van der Waals surface area (Å²) in [7, 11) is -3.99. The third-order valence-corrected chi connectivity index (χ3v) is 6.26. The van der Waals surface area contributed by atoms with Crippen molar-refractivity contribution in [1.82, 2.24) is 9.62 Å². The van der Waals surface area contributed by atoms with Crippen LogP contribution in [0.2, 0.25) is 0 Å². The Morgan fingerprint density at radius 1 is 1.30 bits per heavy atom. The fraction of sp³-hybridized carbons (Fsp3) is 0.556. The van der Waals surface area contributed by atoms with Crippen LogP contribution >= 0.6 is 0 Å². The molecule has 0 bridgehead atoms. The number of aryl methyl sites for hydroxylation is 2. The highest BCUT2D eigenvalue weighted by molar-refractivity contribution is 7.89. The summed E-state index contributed by atoms with van der Waals surface area (Å²) in [5.41, 5.74) is 1.75. The fourth-order valence-electron chi connectivity index (χ4n) is 2.87. The van der Waals surface area contributed by atoms with Gasteiger partial charge in [0.25, 0.3) is 5.91 Å². The molecule has 1 aromatic rings. The molecule has 0 aliphatic carbocycles. The summed E-state index contributed by atoms with van der Waals surface area (Å²) >= 11 is 0. The van der Waals surface area contributed by atoms with Gasteiger partial charge in [0.1, 0.15) is 6.04 Å². The lowest BCUT2D eigenvalue weighted by atomic mass is 10.1. The van der Waals surface area contributed by atoms with Gasteiger partial charge in [0.05, 0.1) is 11.0 Å². The lowest BCUT2D eigenvalue weighted by Gasteiger charge is -2.23. The SMILES string of the molecule is Cc1ccc(S(=O)(=O)N2C[C@@H](O)C[C@H]2C(=O)OCC(=O)NC(C)C)cc1C. The molecule has 2 atom stereocenters. The molecule has 0 spiro atoms. The summed E-state index contributed by atoms with van der Waals surface area (Å²) in [6, 6.07) is 3.43. The first-order valence-electron chi connectivity index (χ1n) is 8.75. The van der Waals surface area contributed by atoms with Gasteiger partial charge in [0.2, 0.25) is 10.0 Å². The van der Waals surface area contributed by atoms with Gasteiger partial charge in [0.15, 0.2) is 6.61 Å². The standard InChI is InChI=1S/C18H26N2O6S/c1-11(2)19-17(22)10-26-18(23)16-8-14(21)9-20(16)27(24,25)15-6-5-12(3)13(4)7-15/h5-7,11,14,16,21H,8-10H2,1-4H3,(H,19,22)/t14-,16-/m0/s1. The second-order valence-corrected chi connectivity index (χ2v) is 8.95. The zero-order valence-corrected chi connectivity index (χ0v) is 16.7. The molecular formula is C18H26N2O6S. The number of benzene rings is 1. The molecule has 1 aliphatic rings. The molecule has 8 nitrogen and oxygen atoms in total. The van der Waals surface area contributed by atoms with E-state index in [-0.39, 0.29) is 23.9 Å². The Hall–Kier alpha value is -1.97. The molecule has 0 aromatic heterocycles. The number of hydrogen-bond acceptors (Lipinski definition) is 6. The molecule has 0 saturated carbocycles. The zero-order valence-electron chi connectivity index (χ0n) is 15.9. The first-order chi connectivity index (χ1) is 12.5. The maximum Gasteiger partial charge on any atom is 0.325 e.